The van der Waals surface area contributed by atoms with Crippen molar-refractivity contribution in [1.29, 1.82) is 0 Å². The molecule has 0 saturated carbocycles. The van der Waals surface area contributed by atoms with Gasteiger partial charge in [0.15, 0.2) is 0 Å². The quantitative estimate of drug-likeness (QED) is 0.586. The molecule has 0 heterocycles. The molecule has 0 aromatic heterocycles. The number of halogens is 1. The normalized spacial score (nSPS) is 12.7. The van der Waals surface area contributed by atoms with Crippen LogP contribution in [0.5, 0.6) is 5.75 Å². The maximum absolute atomic E-state index is 12.0. The third kappa shape index (κ3) is 5.64. The molecule has 0 aliphatic heterocycles. The Morgan fingerprint density at radius 2 is 2.10 bits per heavy atom. The highest BCUT2D eigenvalue weighted by atomic mass is 35.7. The minimum atomic E-state index is -3.92. The van der Waals surface area contributed by atoms with Crippen LogP contribution in [0.15, 0.2) is 23.1 Å². The van der Waals surface area contributed by atoms with E-state index >= 15 is 0 Å². The minimum Gasteiger partial charge on any atom is -0.496 e. The molecule has 6 nitrogen and oxygen atoms in total. The third-order valence-corrected chi connectivity index (χ3v) is 4.81. The van der Waals surface area contributed by atoms with Crippen LogP contribution in [0, 0.1) is 0 Å². The maximum Gasteiger partial charge on any atom is 0.261 e. The number of methoxy groups -OCH3 is 1. The summed E-state index contributed by atoms with van der Waals surface area (Å²) in [5.74, 6) is 0.250. The number of carbonyl (C=O) groups is 1. The Balaban J connectivity index is 2.89. The van der Waals surface area contributed by atoms with Gasteiger partial charge in [0.2, 0.25) is 0 Å². The number of hydrogen-bond donors (Lipinski definition) is 1. The van der Waals surface area contributed by atoms with Gasteiger partial charge in [-0.3, -0.25) is 9.00 Å². The Hall–Kier alpha value is -1.12. The largest absolute Gasteiger partial charge is 0.496 e. The molecule has 1 rings (SSSR count). The van der Waals surface area contributed by atoms with Crippen LogP contribution in [0.3, 0.4) is 0 Å². The van der Waals surface area contributed by atoms with Gasteiger partial charge in [0.1, 0.15) is 5.75 Å². The van der Waals surface area contributed by atoms with Gasteiger partial charge in [0.05, 0.1) is 17.6 Å². The molecular weight excluding hydrogens is 338 g/mol. The Kier molecular flexibility index (Phi) is 6.63. The molecule has 0 saturated heterocycles. The van der Waals surface area contributed by atoms with E-state index in [0.717, 1.165) is 6.07 Å². The number of ether oxygens (including phenoxy) is 1. The van der Waals surface area contributed by atoms with Crippen LogP contribution in [0.2, 0.25) is 0 Å². The molecule has 1 N–H and O–H groups in total. The van der Waals surface area contributed by atoms with Gasteiger partial charge in [-0.2, -0.15) is 0 Å². The van der Waals surface area contributed by atoms with Crippen LogP contribution >= 0.6 is 10.7 Å². The highest BCUT2D eigenvalue weighted by Gasteiger charge is 2.17. The zero-order valence-corrected chi connectivity index (χ0v) is 14.0. The van der Waals surface area contributed by atoms with Gasteiger partial charge in [-0.1, -0.05) is 0 Å². The average Bonchev–Trinajstić information content (AvgIpc) is 2.41. The molecule has 118 valence electrons. The molecule has 9 heteroatoms. The van der Waals surface area contributed by atoms with Crippen molar-refractivity contribution in [1.82, 2.24) is 5.32 Å². The zero-order valence-electron chi connectivity index (χ0n) is 11.6. The first-order chi connectivity index (χ1) is 9.75. The lowest BCUT2D eigenvalue weighted by atomic mass is 10.2. The summed E-state index contributed by atoms with van der Waals surface area (Å²) < 4.78 is 38.5. The van der Waals surface area contributed by atoms with E-state index in [9.17, 15) is 17.4 Å². The van der Waals surface area contributed by atoms with Gasteiger partial charge < -0.3 is 10.1 Å². The van der Waals surface area contributed by atoms with Crippen molar-refractivity contribution in [2.24, 2.45) is 0 Å². The van der Waals surface area contributed by atoms with E-state index < -0.39 is 25.8 Å². The Morgan fingerprint density at radius 1 is 1.43 bits per heavy atom. The number of hydrogen-bond acceptors (Lipinski definition) is 5. The van der Waals surface area contributed by atoms with E-state index in [1.165, 1.54) is 19.2 Å². The van der Waals surface area contributed by atoms with Crippen molar-refractivity contribution in [2.45, 2.75) is 11.3 Å². The highest BCUT2D eigenvalue weighted by Crippen LogP contribution is 2.24. The monoisotopic (exact) mass is 353 g/mol. The van der Waals surface area contributed by atoms with E-state index in [1.807, 2.05) is 0 Å². The van der Waals surface area contributed by atoms with E-state index in [2.05, 4.69) is 5.32 Å². The van der Waals surface area contributed by atoms with Gasteiger partial charge in [-0.25, -0.2) is 8.42 Å². The van der Waals surface area contributed by atoms with Crippen molar-refractivity contribution in [3.63, 3.8) is 0 Å². The van der Waals surface area contributed by atoms with E-state index in [-0.39, 0.29) is 16.2 Å². The van der Waals surface area contributed by atoms with Crippen LogP contribution in [-0.2, 0) is 19.9 Å². The van der Waals surface area contributed by atoms with Crippen LogP contribution in [0.25, 0.3) is 0 Å². The summed E-state index contributed by atoms with van der Waals surface area (Å²) in [5.41, 5.74) is 0.0804. The lowest BCUT2D eigenvalue weighted by Gasteiger charge is -2.10. The molecular formula is C12H16ClNO5S2. The first-order valence-corrected chi connectivity index (χ1v) is 10.00. The summed E-state index contributed by atoms with van der Waals surface area (Å²) in [6.45, 7) is 0.333. The third-order valence-electron chi connectivity index (χ3n) is 2.59. The highest BCUT2D eigenvalue weighted by molar-refractivity contribution is 8.13. The molecule has 1 aromatic rings. The molecule has 1 unspecified atom stereocenters. The summed E-state index contributed by atoms with van der Waals surface area (Å²) in [5, 5.41) is 2.62. The van der Waals surface area contributed by atoms with Crippen molar-refractivity contribution < 1.29 is 22.2 Å². The van der Waals surface area contributed by atoms with Gasteiger partial charge in [-0.05, 0) is 24.6 Å². The molecule has 0 bridgehead atoms. The lowest BCUT2D eigenvalue weighted by molar-refractivity contribution is 0.0950. The molecule has 0 spiro atoms. The SMILES string of the molecule is COc1ccc(S(=O)(=O)Cl)cc1C(=O)NCCCS(C)=O. The summed E-state index contributed by atoms with van der Waals surface area (Å²) in [6, 6.07) is 3.79. The summed E-state index contributed by atoms with van der Waals surface area (Å²) in [4.78, 5) is 11.9. The van der Waals surface area contributed by atoms with Crippen LogP contribution in [0.4, 0.5) is 0 Å². The van der Waals surface area contributed by atoms with Crippen molar-refractivity contribution >= 4 is 36.4 Å². The maximum atomic E-state index is 12.0. The molecule has 0 radical (unpaired) electrons. The van der Waals surface area contributed by atoms with E-state index in [1.54, 1.807) is 6.26 Å². The minimum absolute atomic E-state index is 0.0804. The first-order valence-electron chi connectivity index (χ1n) is 5.96. The van der Waals surface area contributed by atoms with E-state index in [0.29, 0.717) is 18.7 Å². The second kappa shape index (κ2) is 7.77. The number of amides is 1. The second-order valence-corrected chi connectivity index (χ2v) is 8.31. The number of nitrogens with one attached hydrogen (secondary N) is 1. The first kappa shape index (κ1) is 17.9. The van der Waals surface area contributed by atoms with Crippen molar-refractivity contribution in [3.8, 4) is 5.75 Å². The predicted molar refractivity (Wildman–Crippen MR) is 81.9 cm³/mol. The summed E-state index contributed by atoms with van der Waals surface area (Å²) in [6.07, 6.45) is 2.14. The van der Waals surface area contributed by atoms with Gasteiger partial charge in [0, 0.05) is 40.0 Å². The Bertz CT molecular complexity index is 645. The predicted octanol–water partition coefficient (Wildman–Crippen LogP) is 1.12. The molecule has 1 amide bonds. The fourth-order valence-corrected chi connectivity index (χ4v) is 2.92. The molecule has 21 heavy (non-hydrogen) atoms. The second-order valence-electron chi connectivity index (χ2n) is 4.19. The molecule has 1 atom stereocenters. The lowest BCUT2D eigenvalue weighted by Crippen LogP contribution is -2.26. The van der Waals surface area contributed by atoms with Crippen LogP contribution in [-0.4, -0.2) is 44.2 Å². The summed E-state index contributed by atoms with van der Waals surface area (Å²) in [7, 11) is 1.79. The molecule has 0 aliphatic carbocycles. The number of rotatable bonds is 7. The van der Waals surface area contributed by atoms with Gasteiger partial charge >= 0.3 is 0 Å². The fourth-order valence-electron chi connectivity index (χ4n) is 1.59. The van der Waals surface area contributed by atoms with Crippen molar-refractivity contribution in [3.05, 3.63) is 23.8 Å². The topological polar surface area (TPSA) is 89.5 Å². The Morgan fingerprint density at radius 3 is 2.62 bits per heavy atom. The van der Waals surface area contributed by atoms with E-state index in [4.69, 9.17) is 15.4 Å². The average molecular weight is 354 g/mol. The summed E-state index contributed by atoms with van der Waals surface area (Å²) >= 11 is 0. The fraction of sp³-hybridized carbons (Fsp3) is 0.417. The zero-order chi connectivity index (χ0) is 16.0. The number of carbonyl (C=O) groups excluding carboxylic acids is 1. The van der Waals surface area contributed by atoms with Crippen LogP contribution in [0.1, 0.15) is 16.8 Å². The Labute approximate surface area is 130 Å². The molecule has 0 fully saturated rings. The molecule has 0 aliphatic rings. The van der Waals surface area contributed by atoms with Gasteiger partial charge in [0.25, 0.3) is 15.0 Å². The number of benzene rings is 1. The smallest absolute Gasteiger partial charge is 0.261 e. The standard InChI is InChI=1S/C12H16ClNO5S2/c1-19-11-5-4-9(21(13,17)18)8-10(11)12(15)14-6-3-7-20(2)16/h4-5,8H,3,6-7H2,1-2H3,(H,14,15). The van der Waals surface area contributed by atoms with Crippen LogP contribution < -0.4 is 10.1 Å². The van der Waals surface area contributed by atoms with Gasteiger partial charge in [-0.15, -0.1) is 0 Å². The molecule has 1 aromatic carbocycles. The van der Waals surface area contributed by atoms with Crippen molar-refractivity contribution in [2.75, 3.05) is 25.7 Å².